The van der Waals surface area contributed by atoms with E-state index in [2.05, 4.69) is 22.8 Å². The molecule has 0 atom stereocenters. The number of benzene rings is 1. The third-order valence-electron chi connectivity index (χ3n) is 3.40. The number of carbonyl (C=O) groups excluding carboxylic acids is 1. The molecule has 2 N–H and O–H groups in total. The zero-order valence-corrected chi connectivity index (χ0v) is 12.0. The van der Waals surface area contributed by atoms with Crippen molar-refractivity contribution in [2.75, 3.05) is 32.8 Å². The average Bonchev–Trinajstić information content (AvgIpc) is 2.88. The Bertz CT molecular complexity index is 437. The van der Waals surface area contributed by atoms with Crippen molar-refractivity contribution < 1.29 is 9.53 Å². The summed E-state index contributed by atoms with van der Waals surface area (Å²) < 4.78 is 5.47. The lowest BCUT2D eigenvalue weighted by atomic mass is 10.1. The molecule has 5 heteroatoms. The Morgan fingerprint density at radius 3 is 2.85 bits per heavy atom. The lowest BCUT2D eigenvalue weighted by Crippen LogP contribution is -2.34. The number of hydrogen-bond acceptors (Lipinski definition) is 3. The zero-order chi connectivity index (χ0) is 14.2. The molecule has 1 aliphatic rings. The van der Waals surface area contributed by atoms with E-state index in [0.717, 1.165) is 39.3 Å². The molecular weight excluding hydrogens is 254 g/mol. The average molecular weight is 277 g/mol. The third-order valence-corrected chi connectivity index (χ3v) is 3.40. The van der Waals surface area contributed by atoms with E-state index in [1.807, 2.05) is 24.0 Å². The predicted molar refractivity (Wildman–Crippen MR) is 78.5 cm³/mol. The molecule has 0 radical (unpaired) electrons. The van der Waals surface area contributed by atoms with Crippen LogP contribution >= 0.6 is 0 Å². The van der Waals surface area contributed by atoms with Gasteiger partial charge in [-0.05, 0) is 18.1 Å². The van der Waals surface area contributed by atoms with Crippen LogP contribution in [0.3, 0.4) is 0 Å². The highest BCUT2D eigenvalue weighted by Gasteiger charge is 2.18. The van der Waals surface area contributed by atoms with Crippen LogP contribution in [0, 0.1) is 0 Å². The van der Waals surface area contributed by atoms with Gasteiger partial charge < -0.3 is 20.3 Å². The first-order valence-corrected chi connectivity index (χ1v) is 7.19. The van der Waals surface area contributed by atoms with Crippen molar-refractivity contribution >= 4 is 6.03 Å². The minimum absolute atomic E-state index is 0.0449. The van der Waals surface area contributed by atoms with E-state index < -0.39 is 0 Å². The van der Waals surface area contributed by atoms with E-state index in [1.165, 1.54) is 11.1 Å². The van der Waals surface area contributed by atoms with Crippen molar-refractivity contribution in [1.29, 1.82) is 0 Å². The first-order valence-electron chi connectivity index (χ1n) is 7.19. The molecule has 2 amide bonds. The molecule has 20 heavy (non-hydrogen) atoms. The standard InChI is InChI=1S/C15H23N3O2/c1-2-20-12-14-6-4-3-5-13(14)11-16-7-9-18-10-8-17-15(18)19/h3-6,16H,2,7-12H2,1H3,(H,17,19). The number of carbonyl (C=O) groups is 1. The van der Waals surface area contributed by atoms with Crippen LogP contribution in [0.15, 0.2) is 24.3 Å². The fourth-order valence-corrected chi connectivity index (χ4v) is 2.24. The Kier molecular flexibility index (Phi) is 5.83. The van der Waals surface area contributed by atoms with Crippen molar-refractivity contribution in [3.63, 3.8) is 0 Å². The number of rotatable bonds is 8. The smallest absolute Gasteiger partial charge is 0.317 e. The molecule has 1 fully saturated rings. The zero-order valence-electron chi connectivity index (χ0n) is 12.0. The van der Waals surface area contributed by atoms with Crippen LogP contribution in [0.5, 0.6) is 0 Å². The van der Waals surface area contributed by atoms with Crippen LogP contribution < -0.4 is 10.6 Å². The van der Waals surface area contributed by atoms with Gasteiger partial charge >= 0.3 is 6.03 Å². The molecule has 1 saturated heterocycles. The van der Waals surface area contributed by atoms with Gasteiger partial charge in [-0.1, -0.05) is 24.3 Å². The Hall–Kier alpha value is -1.59. The first-order chi connectivity index (χ1) is 9.81. The van der Waals surface area contributed by atoms with Crippen molar-refractivity contribution in [1.82, 2.24) is 15.5 Å². The second kappa shape index (κ2) is 7.87. The van der Waals surface area contributed by atoms with Crippen molar-refractivity contribution in [3.05, 3.63) is 35.4 Å². The molecular formula is C15H23N3O2. The third kappa shape index (κ3) is 4.21. The molecule has 1 aromatic carbocycles. The molecule has 1 heterocycles. The highest BCUT2D eigenvalue weighted by molar-refractivity contribution is 5.76. The van der Waals surface area contributed by atoms with E-state index in [1.54, 1.807) is 0 Å². The summed E-state index contributed by atoms with van der Waals surface area (Å²) in [6, 6.07) is 8.33. The molecule has 0 saturated carbocycles. The van der Waals surface area contributed by atoms with Gasteiger partial charge in [0.05, 0.1) is 6.61 Å². The summed E-state index contributed by atoms with van der Waals surface area (Å²) in [5.41, 5.74) is 2.48. The minimum atomic E-state index is 0.0449. The number of amides is 2. The van der Waals surface area contributed by atoms with E-state index in [0.29, 0.717) is 6.61 Å². The van der Waals surface area contributed by atoms with Gasteiger partial charge in [0.2, 0.25) is 0 Å². The highest BCUT2D eigenvalue weighted by Crippen LogP contribution is 2.09. The van der Waals surface area contributed by atoms with Crippen molar-refractivity contribution in [2.24, 2.45) is 0 Å². The molecule has 5 nitrogen and oxygen atoms in total. The van der Waals surface area contributed by atoms with Crippen molar-refractivity contribution in [2.45, 2.75) is 20.1 Å². The number of nitrogens with one attached hydrogen (secondary N) is 2. The van der Waals surface area contributed by atoms with Crippen LogP contribution in [0.1, 0.15) is 18.1 Å². The molecule has 0 bridgehead atoms. The molecule has 0 unspecified atom stereocenters. The Labute approximate surface area is 120 Å². The topological polar surface area (TPSA) is 53.6 Å². The van der Waals surface area contributed by atoms with E-state index in [9.17, 15) is 4.79 Å². The molecule has 1 aromatic rings. The van der Waals surface area contributed by atoms with Gasteiger partial charge in [0, 0.05) is 39.3 Å². The maximum absolute atomic E-state index is 11.4. The lowest BCUT2D eigenvalue weighted by molar-refractivity contribution is 0.133. The SMILES string of the molecule is CCOCc1ccccc1CNCCN1CCNC1=O. The summed E-state index contributed by atoms with van der Waals surface area (Å²) in [6.45, 7) is 7.31. The highest BCUT2D eigenvalue weighted by atomic mass is 16.5. The van der Waals surface area contributed by atoms with Crippen LogP contribution in [0.2, 0.25) is 0 Å². The first kappa shape index (κ1) is 14.8. The normalized spacial score (nSPS) is 14.7. The van der Waals surface area contributed by atoms with E-state index in [-0.39, 0.29) is 6.03 Å². The fourth-order valence-electron chi connectivity index (χ4n) is 2.24. The second-order valence-corrected chi connectivity index (χ2v) is 4.80. The van der Waals surface area contributed by atoms with Gasteiger partial charge in [-0.3, -0.25) is 0 Å². The van der Waals surface area contributed by atoms with Gasteiger partial charge in [0.25, 0.3) is 0 Å². The van der Waals surface area contributed by atoms with Gasteiger partial charge in [-0.25, -0.2) is 4.79 Å². The Balaban J connectivity index is 1.74. The van der Waals surface area contributed by atoms with Gasteiger partial charge in [-0.15, -0.1) is 0 Å². The van der Waals surface area contributed by atoms with Crippen LogP contribution in [-0.2, 0) is 17.9 Å². The second-order valence-electron chi connectivity index (χ2n) is 4.80. The van der Waals surface area contributed by atoms with Crippen LogP contribution in [0.25, 0.3) is 0 Å². The summed E-state index contributed by atoms with van der Waals surface area (Å²) in [5, 5.41) is 6.19. The van der Waals surface area contributed by atoms with Crippen molar-refractivity contribution in [3.8, 4) is 0 Å². The van der Waals surface area contributed by atoms with Crippen LogP contribution in [0.4, 0.5) is 4.79 Å². The Morgan fingerprint density at radius 2 is 2.15 bits per heavy atom. The number of nitrogens with zero attached hydrogens (tertiary/aromatic N) is 1. The molecule has 0 spiro atoms. The van der Waals surface area contributed by atoms with E-state index >= 15 is 0 Å². The molecule has 110 valence electrons. The summed E-state index contributed by atoms with van der Waals surface area (Å²) >= 11 is 0. The minimum Gasteiger partial charge on any atom is -0.377 e. The quantitative estimate of drug-likeness (QED) is 0.705. The summed E-state index contributed by atoms with van der Waals surface area (Å²) in [6.07, 6.45) is 0. The molecule has 0 aliphatic carbocycles. The lowest BCUT2D eigenvalue weighted by Gasteiger charge is -2.15. The predicted octanol–water partition coefficient (Wildman–Crippen LogP) is 1.34. The summed E-state index contributed by atoms with van der Waals surface area (Å²) in [7, 11) is 0. The van der Waals surface area contributed by atoms with E-state index in [4.69, 9.17) is 4.74 Å². The summed E-state index contributed by atoms with van der Waals surface area (Å²) in [5.74, 6) is 0. The summed E-state index contributed by atoms with van der Waals surface area (Å²) in [4.78, 5) is 13.2. The van der Waals surface area contributed by atoms with Gasteiger partial charge in [0.15, 0.2) is 0 Å². The number of ether oxygens (including phenoxy) is 1. The Morgan fingerprint density at radius 1 is 1.35 bits per heavy atom. The van der Waals surface area contributed by atoms with Crippen LogP contribution in [-0.4, -0.2) is 43.7 Å². The molecule has 0 aromatic heterocycles. The monoisotopic (exact) mass is 277 g/mol. The van der Waals surface area contributed by atoms with Gasteiger partial charge in [-0.2, -0.15) is 0 Å². The molecule has 1 aliphatic heterocycles. The maximum atomic E-state index is 11.4. The van der Waals surface area contributed by atoms with Gasteiger partial charge in [0.1, 0.15) is 0 Å². The largest absolute Gasteiger partial charge is 0.377 e. The maximum Gasteiger partial charge on any atom is 0.317 e. The number of hydrogen-bond donors (Lipinski definition) is 2. The fraction of sp³-hybridized carbons (Fsp3) is 0.533. The number of urea groups is 1. The molecule has 2 rings (SSSR count).